The van der Waals surface area contributed by atoms with Gasteiger partial charge in [0, 0.05) is 44.4 Å². The largest absolute Gasteiger partial charge is 0.478 e. The molecule has 8 heteroatoms. The van der Waals surface area contributed by atoms with E-state index in [9.17, 15) is 0 Å². The average molecular weight is 473 g/mol. The number of guanidine groups is 1. The maximum atomic E-state index is 5.43. The van der Waals surface area contributed by atoms with Crippen LogP contribution in [0, 0.1) is 0 Å². The highest BCUT2D eigenvalue weighted by Crippen LogP contribution is 2.15. The van der Waals surface area contributed by atoms with Gasteiger partial charge < -0.3 is 19.9 Å². The molecule has 2 aromatic heterocycles. The van der Waals surface area contributed by atoms with Crippen molar-refractivity contribution in [1.29, 1.82) is 0 Å². The number of aryl methyl sites for hydroxylation is 2. The van der Waals surface area contributed by atoms with Crippen molar-refractivity contribution in [3.63, 3.8) is 0 Å². The Bertz CT molecular complexity index is 681. The SMILES string of the molecule is CCOc1cc(CNC(=NC)NCc2c(CC)noc2CC)ccn1.I. The number of ether oxygens (including phenoxy) is 1. The highest BCUT2D eigenvalue weighted by molar-refractivity contribution is 14.0. The lowest BCUT2D eigenvalue weighted by Gasteiger charge is -2.12. The summed E-state index contributed by atoms with van der Waals surface area (Å²) in [5.74, 6) is 2.28. The van der Waals surface area contributed by atoms with Crippen LogP contribution in [0.2, 0.25) is 0 Å². The second kappa shape index (κ2) is 11.7. The summed E-state index contributed by atoms with van der Waals surface area (Å²) < 4.78 is 10.8. The Kier molecular flexibility index (Phi) is 10.0. The van der Waals surface area contributed by atoms with Crippen LogP contribution in [0.15, 0.2) is 27.8 Å². The van der Waals surface area contributed by atoms with Crippen molar-refractivity contribution in [3.8, 4) is 5.88 Å². The van der Waals surface area contributed by atoms with E-state index in [1.165, 1.54) is 0 Å². The van der Waals surface area contributed by atoms with Gasteiger partial charge in [0.05, 0.1) is 12.3 Å². The molecule has 0 saturated heterocycles. The summed E-state index contributed by atoms with van der Waals surface area (Å²) >= 11 is 0. The first kappa shape index (κ1) is 22.2. The first-order valence-electron chi connectivity index (χ1n) is 8.70. The van der Waals surface area contributed by atoms with E-state index >= 15 is 0 Å². The van der Waals surface area contributed by atoms with Gasteiger partial charge in [0.25, 0.3) is 0 Å². The van der Waals surface area contributed by atoms with Gasteiger partial charge in [0.15, 0.2) is 5.96 Å². The van der Waals surface area contributed by atoms with Crippen LogP contribution in [-0.4, -0.2) is 29.8 Å². The Morgan fingerprint density at radius 3 is 2.62 bits per heavy atom. The molecule has 0 radical (unpaired) electrons. The molecule has 2 rings (SSSR count). The number of hydrogen-bond donors (Lipinski definition) is 2. The van der Waals surface area contributed by atoms with E-state index < -0.39 is 0 Å². The molecule has 2 aromatic rings. The average Bonchev–Trinajstić information content (AvgIpc) is 3.04. The number of rotatable bonds is 8. The molecule has 0 aliphatic carbocycles. The summed E-state index contributed by atoms with van der Waals surface area (Å²) in [6.45, 7) is 7.95. The van der Waals surface area contributed by atoms with Gasteiger partial charge in [0.2, 0.25) is 5.88 Å². The molecule has 0 spiro atoms. The zero-order valence-corrected chi connectivity index (χ0v) is 18.2. The van der Waals surface area contributed by atoms with Crippen LogP contribution < -0.4 is 15.4 Å². The van der Waals surface area contributed by atoms with E-state index in [2.05, 4.69) is 39.6 Å². The summed E-state index contributed by atoms with van der Waals surface area (Å²) in [6, 6.07) is 3.88. The standard InChI is InChI=1S/C18H27N5O2.HI/c1-5-15-14(16(6-2)25-23-15)12-22-18(19-4)21-11-13-8-9-20-17(10-13)24-7-3;/h8-10H,5-7,11-12H2,1-4H3,(H2,19,21,22);1H. The van der Waals surface area contributed by atoms with Gasteiger partial charge in [0.1, 0.15) is 5.76 Å². The summed E-state index contributed by atoms with van der Waals surface area (Å²) in [4.78, 5) is 8.44. The Hall–Kier alpha value is -1.84. The summed E-state index contributed by atoms with van der Waals surface area (Å²) in [6.07, 6.45) is 3.42. The molecular weight excluding hydrogens is 445 g/mol. The van der Waals surface area contributed by atoms with Crippen molar-refractivity contribution in [1.82, 2.24) is 20.8 Å². The molecular formula is C18H28IN5O2. The monoisotopic (exact) mass is 473 g/mol. The third kappa shape index (κ3) is 6.15. The molecule has 2 heterocycles. The molecule has 26 heavy (non-hydrogen) atoms. The highest BCUT2D eigenvalue weighted by Gasteiger charge is 2.13. The molecule has 2 N–H and O–H groups in total. The van der Waals surface area contributed by atoms with Gasteiger partial charge in [-0.2, -0.15) is 0 Å². The van der Waals surface area contributed by atoms with Gasteiger partial charge in [-0.3, -0.25) is 4.99 Å². The summed E-state index contributed by atoms with van der Waals surface area (Å²) in [7, 11) is 1.75. The summed E-state index contributed by atoms with van der Waals surface area (Å²) in [5.41, 5.74) is 3.20. The topological polar surface area (TPSA) is 84.6 Å². The fourth-order valence-corrected chi connectivity index (χ4v) is 2.50. The molecule has 7 nitrogen and oxygen atoms in total. The second-order valence-corrected chi connectivity index (χ2v) is 5.45. The van der Waals surface area contributed by atoms with E-state index in [1.807, 2.05) is 19.1 Å². The van der Waals surface area contributed by atoms with Gasteiger partial charge in [-0.05, 0) is 25.0 Å². The van der Waals surface area contributed by atoms with Gasteiger partial charge in [-0.25, -0.2) is 4.98 Å². The van der Waals surface area contributed by atoms with E-state index in [4.69, 9.17) is 9.26 Å². The molecule has 0 saturated carbocycles. The molecule has 0 fully saturated rings. The number of halogens is 1. The van der Waals surface area contributed by atoms with Crippen molar-refractivity contribution in [2.45, 2.75) is 46.7 Å². The number of nitrogens with zero attached hydrogens (tertiary/aromatic N) is 3. The first-order valence-corrected chi connectivity index (χ1v) is 8.70. The zero-order valence-electron chi connectivity index (χ0n) is 15.8. The van der Waals surface area contributed by atoms with Crippen molar-refractivity contribution < 1.29 is 9.26 Å². The lowest BCUT2D eigenvalue weighted by molar-refractivity contribution is 0.326. The van der Waals surface area contributed by atoms with Crippen molar-refractivity contribution >= 4 is 29.9 Å². The van der Waals surface area contributed by atoms with Gasteiger partial charge in [-0.1, -0.05) is 19.0 Å². The highest BCUT2D eigenvalue weighted by atomic mass is 127. The minimum Gasteiger partial charge on any atom is -0.478 e. The lowest BCUT2D eigenvalue weighted by atomic mass is 10.1. The first-order chi connectivity index (χ1) is 12.2. The van der Waals surface area contributed by atoms with Crippen LogP contribution in [-0.2, 0) is 25.9 Å². The Morgan fingerprint density at radius 2 is 1.96 bits per heavy atom. The molecule has 0 aromatic carbocycles. The summed E-state index contributed by atoms with van der Waals surface area (Å²) in [5, 5.41) is 10.8. The zero-order chi connectivity index (χ0) is 18.1. The van der Waals surface area contributed by atoms with Crippen molar-refractivity contribution in [2.24, 2.45) is 4.99 Å². The van der Waals surface area contributed by atoms with Crippen LogP contribution in [0.4, 0.5) is 0 Å². The molecule has 0 atom stereocenters. The minimum absolute atomic E-state index is 0. The number of hydrogen-bond acceptors (Lipinski definition) is 5. The normalized spacial score (nSPS) is 11.0. The van der Waals surface area contributed by atoms with Crippen LogP contribution in [0.3, 0.4) is 0 Å². The Labute approximate surface area is 172 Å². The van der Waals surface area contributed by atoms with Crippen LogP contribution in [0.5, 0.6) is 5.88 Å². The van der Waals surface area contributed by atoms with E-state index in [-0.39, 0.29) is 24.0 Å². The molecule has 0 aliphatic rings. The molecule has 0 unspecified atom stereocenters. The van der Waals surface area contributed by atoms with Gasteiger partial charge >= 0.3 is 0 Å². The smallest absolute Gasteiger partial charge is 0.213 e. The number of pyridine rings is 1. The Morgan fingerprint density at radius 1 is 1.19 bits per heavy atom. The maximum absolute atomic E-state index is 5.43. The lowest BCUT2D eigenvalue weighted by Crippen LogP contribution is -2.36. The van der Waals surface area contributed by atoms with Crippen LogP contribution in [0.25, 0.3) is 0 Å². The number of aromatic nitrogens is 2. The Balaban J connectivity index is 0.00000338. The van der Waals surface area contributed by atoms with Gasteiger partial charge in [-0.15, -0.1) is 24.0 Å². The quantitative estimate of drug-likeness (QED) is 0.348. The van der Waals surface area contributed by atoms with E-state index in [0.717, 1.165) is 41.4 Å². The van der Waals surface area contributed by atoms with Crippen molar-refractivity contribution in [2.75, 3.05) is 13.7 Å². The molecule has 0 aliphatic heterocycles. The maximum Gasteiger partial charge on any atom is 0.213 e. The third-order valence-corrected chi connectivity index (χ3v) is 3.81. The molecule has 0 bridgehead atoms. The fourth-order valence-electron chi connectivity index (χ4n) is 2.50. The molecule has 144 valence electrons. The number of nitrogens with one attached hydrogen (secondary N) is 2. The van der Waals surface area contributed by atoms with Crippen LogP contribution in [0.1, 0.15) is 43.4 Å². The minimum atomic E-state index is 0. The molecule has 0 amide bonds. The fraction of sp³-hybridized carbons (Fsp3) is 0.500. The predicted molar refractivity (Wildman–Crippen MR) is 113 cm³/mol. The van der Waals surface area contributed by atoms with Crippen molar-refractivity contribution in [3.05, 3.63) is 40.9 Å². The van der Waals surface area contributed by atoms with E-state index in [0.29, 0.717) is 25.6 Å². The number of aliphatic imine (C=N–C) groups is 1. The van der Waals surface area contributed by atoms with Crippen LogP contribution >= 0.6 is 24.0 Å². The van der Waals surface area contributed by atoms with E-state index in [1.54, 1.807) is 13.2 Å². The predicted octanol–water partition coefficient (Wildman–Crippen LogP) is 3.08. The third-order valence-electron chi connectivity index (χ3n) is 3.81. The second-order valence-electron chi connectivity index (χ2n) is 5.45.